The van der Waals surface area contributed by atoms with Gasteiger partial charge in [0, 0.05) is 31.3 Å². The fourth-order valence-corrected chi connectivity index (χ4v) is 2.81. The van der Waals surface area contributed by atoms with Crippen LogP contribution >= 0.6 is 0 Å². The van der Waals surface area contributed by atoms with Crippen molar-refractivity contribution in [3.63, 3.8) is 0 Å². The lowest BCUT2D eigenvalue weighted by Gasteiger charge is -2.36. The highest BCUT2D eigenvalue weighted by Gasteiger charge is 2.34. The molecule has 1 atom stereocenters. The lowest BCUT2D eigenvalue weighted by Crippen LogP contribution is -2.48. The van der Waals surface area contributed by atoms with Crippen LogP contribution in [0.4, 0.5) is 0 Å². The second kappa shape index (κ2) is 7.34. The van der Waals surface area contributed by atoms with Crippen LogP contribution in [0, 0.1) is 0 Å². The van der Waals surface area contributed by atoms with Crippen LogP contribution in [0.15, 0.2) is 0 Å². The first kappa shape index (κ1) is 14.9. The summed E-state index contributed by atoms with van der Waals surface area (Å²) in [4.78, 5) is 2.64. The van der Waals surface area contributed by atoms with Gasteiger partial charge in [0.2, 0.25) is 0 Å². The van der Waals surface area contributed by atoms with Crippen LogP contribution in [0.1, 0.15) is 47.0 Å². The summed E-state index contributed by atoms with van der Waals surface area (Å²) in [6.07, 6.45) is 3.80. The normalized spacial score (nSPS) is 21.9. The number of hydrogen-bond donors (Lipinski definition) is 1. The molecule has 0 radical (unpaired) electrons. The van der Waals surface area contributed by atoms with E-state index in [1.807, 2.05) is 6.92 Å². The van der Waals surface area contributed by atoms with Crippen molar-refractivity contribution in [3.05, 3.63) is 0 Å². The van der Waals surface area contributed by atoms with Gasteiger partial charge in [0.1, 0.15) is 0 Å². The van der Waals surface area contributed by atoms with E-state index in [1.165, 1.54) is 19.4 Å². The fourth-order valence-electron chi connectivity index (χ4n) is 2.81. The molecule has 3 nitrogen and oxygen atoms in total. The molecule has 0 aromatic heterocycles. The summed E-state index contributed by atoms with van der Waals surface area (Å²) in [6, 6.07) is 0.639. The van der Waals surface area contributed by atoms with Gasteiger partial charge in [-0.2, -0.15) is 0 Å². The van der Waals surface area contributed by atoms with E-state index >= 15 is 0 Å². The molecule has 1 fully saturated rings. The first-order valence-electron chi connectivity index (χ1n) is 7.13. The van der Waals surface area contributed by atoms with Crippen molar-refractivity contribution >= 4 is 0 Å². The average Bonchev–Trinajstić information content (AvgIpc) is 2.63. The Labute approximate surface area is 107 Å². The van der Waals surface area contributed by atoms with E-state index < -0.39 is 0 Å². The number of nitrogens with one attached hydrogen (secondary N) is 1. The SMILES string of the molecule is CCOCCCNCC(C)N1CCCC1(C)C. The summed E-state index contributed by atoms with van der Waals surface area (Å²) in [5.41, 5.74) is 0.395. The van der Waals surface area contributed by atoms with E-state index in [2.05, 4.69) is 31.0 Å². The van der Waals surface area contributed by atoms with Crippen LogP contribution in [0.2, 0.25) is 0 Å². The van der Waals surface area contributed by atoms with Crippen molar-refractivity contribution in [2.24, 2.45) is 0 Å². The molecule has 3 heteroatoms. The van der Waals surface area contributed by atoms with Gasteiger partial charge >= 0.3 is 0 Å². The molecule has 0 aromatic carbocycles. The zero-order valence-corrected chi connectivity index (χ0v) is 12.1. The Morgan fingerprint density at radius 2 is 2.18 bits per heavy atom. The number of rotatable bonds is 8. The maximum absolute atomic E-state index is 5.32. The van der Waals surface area contributed by atoms with Crippen LogP contribution in [0.5, 0.6) is 0 Å². The molecule has 0 spiro atoms. The molecule has 1 N–H and O–H groups in total. The van der Waals surface area contributed by atoms with Crippen molar-refractivity contribution < 1.29 is 4.74 Å². The first-order valence-corrected chi connectivity index (χ1v) is 7.13. The molecule has 1 heterocycles. The Bertz CT molecular complexity index is 206. The highest BCUT2D eigenvalue weighted by atomic mass is 16.5. The minimum absolute atomic E-state index is 0.395. The van der Waals surface area contributed by atoms with Crippen molar-refractivity contribution in [2.75, 3.05) is 32.8 Å². The van der Waals surface area contributed by atoms with Crippen molar-refractivity contribution in [1.29, 1.82) is 0 Å². The van der Waals surface area contributed by atoms with E-state index in [4.69, 9.17) is 4.74 Å². The van der Waals surface area contributed by atoms with Gasteiger partial charge in [-0.25, -0.2) is 0 Å². The predicted molar refractivity (Wildman–Crippen MR) is 73.5 cm³/mol. The van der Waals surface area contributed by atoms with E-state index in [0.717, 1.165) is 32.7 Å². The predicted octanol–water partition coefficient (Wildman–Crippen LogP) is 2.27. The average molecular weight is 242 g/mol. The molecule has 0 bridgehead atoms. The summed E-state index contributed by atoms with van der Waals surface area (Å²) in [7, 11) is 0. The molecule has 0 aromatic rings. The number of ether oxygens (including phenoxy) is 1. The van der Waals surface area contributed by atoms with Gasteiger partial charge in [0.05, 0.1) is 0 Å². The van der Waals surface area contributed by atoms with Gasteiger partial charge in [-0.05, 0) is 60.0 Å². The van der Waals surface area contributed by atoms with E-state index in [9.17, 15) is 0 Å². The topological polar surface area (TPSA) is 24.5 Å². The van der Waals surface area contributed by atoms with Crippen molar-refractivity contribution in [3.8, 4) is 0 Å². The summed E-state index contributed by atoms with van der Waals surface area (Å²) in [6.45, 7) is 14.2. The van der Waals surface area contributed by atoms with Gasteiger partial charge in [0.15, 0.2) is 0 Å². The van der Waals surface area contributed by atoms with Gasteiger partial charge in [-0.15, -0.1) is 0 Å². The first-order chi connectivity index (χ1) is 8.08. The van der Waals surface area contributed by atoms with E-state index in [0.29, 0.717) is 11.6 Å². The highest BCUT2D eigenvalue weighted by Crippen LogP contribution is 2.29. The summed E-state index contributed by atoms with van der Waals surface area (Å²) in [5, 5.41) is 3.54. The van der Waals surface area contributed by atoms with Crippen molar-refractivity contribution in [2.45, 2.75) is 58.5 Å². The van der Waals surface area contributed by atoms with Crippen LogP contribution in [-0.4, -0.2) is 49.3 Å². The van der Waals surface area contributed by atoms with E-state index in [-0.39, 0.29) is 0 Å². The van der Waals surface area contributed by atoms with Gasteiger partial charge in [-0.1, -0.05) is 0 Å². The Morgan fingerprint density at radius 3 is 2.76 bits per heavy atom. The Kier molecular flexibility index (Phi) is 6.45. The number of likely N-dealkylation sites (tertiary alicyclic amines) is 1. The van der Waals surface area contributed by atoms with Crippen molar-refractivity contribution in [1.82, 2.24) is 10.2 Å². The molecule has 1 aliphatic heterocycles. The smallest absolute Gasteiger partial charge is 0.0477 e. The molecular weight excluding hydrogens is 212 g/mol. The van der Waals surface area contributed by atoms with Gasteiger partial charge in [-0.3, -0.25) is 4.90 Å². The minimum atomic E-state index is 0.395. The molecule has 1 saturated heterocycles. The van der Waals surface area contributed by atoms with Gasteiger partial charge < -0.3 is 10.1 Å². The molecule has 0 saturated carbocycles. The highest BCUT2D eigenvalue weighted by molar-refractivity contribution is 4.91. The Hall–Kier alpha value is -0.120. The molecule has 1 aliphatic rings. The maximum atomic E-state index is 5.32. The molecule has 0 amide bonds. The maximum Gasteiger partial charge on any atom is 0.0477 e. The lowest BCUT2D eigenvalue weighted by atomic mass is 10.0. The third kappa shape index (κ3) is 4.94. The Balaban J connectivity index is 2.10. The molecule has 0 aliphatic carbocycles. The number of nitrogens with zero attached hydrogens (tertiary/aromatic N) is 1. The van der Waals surface area contributed by atoms with Crippen LogP contribution in [0.25, 0.3) is 0 Å². The molecular formula is C14H30N2O. The van der Waals surface area contributed by atoms with Crippen LogP contribution in [0.3, 0.4) is 0 Å². The Morgan fingerprint density at radius 1 is 1.41 bits per heavy atom. The number of hydrogen-bond acceptors (Lipinski definition) is 3. The van der Waals surface area contributed by atoms with Crippen LogP contribution in [-0.2, 0) is 4.74 Å². The molecule has 17 heavy (non-hydrogen) atoms. The molecule has 1 unspecified atom stereocenters. The minimum Gasteiger partial charge on any atom is -0.382 e. The lowest BCUT2D eigenvalue weighted by molar-refractivity contribution is 0.120. The molecule has 102 valence electrons. The standard InChI is InChI=1S/C14H30N2O/c1-5-17-11-7-9-15-12-13(2)16-10-6-8-14(16,3)4/h13,15H,5-12H2,1-4H3. The second-order valence-electron chi connectivity index (χ2n) is 5.71. The summed E-state index contributed by atoms with van der Waals surface area (Å²) >= 11 is 0. The fraction of sp³-hybridized carbons (Fsp3) is 1.00. The summed E-state index contributed by atoms with van der Waals surface area (Å²) < 4.78 is 5.32. The largest absolute Gasteiger partial charge is 0.382 e. The second-order valence-corrected chi connectivity index (χ2v) is 5.71. The van der Waals surface area contributed by atoms with E-state index in [1.54, 1.807) is 0 Å². The van der Waals surface area contributed by atoms with Crippen LogP contribution < -0.4 is 5.32 Å². The third-order valence-electron chi connectivity index (χ3n) is 3.78. The quantitative estimate of drug-likeness (QED) is 0.661. The monoisotopic (exact) mass is 242 g/mol. The van der Waals surface area contributed by atoms with Gasteiger partial charge in [0.25, 0.3) is 0 Å². The zero-order valence-electron chi connectivity index (χ0n) is 12.1. The third-order valence-corrected chi connectivity index (χ3v) is 3.78. The molecule has 1 rings (SSSR count). The zero-order chi connectivity index (χ0) is 12.7. The summed E-state index contributed by atoms with van der Waals surface area (Å²) in [5.74, 6) is 0.